The molecule has 0 unspecified atom stereocenters. The Morgan fingerprint density at radius 1 is 1.04 bits per heavy atom. The van der Waals surface area contributed by atoms with E-state index in [2.05, 4.69) is 9.80 Å². The van der Waals surface area contributed by atoms with Crippen LogP contribution in [-0.2, 0) is 11.3 Å². The van der Waals surface area contributed by atoms with Crippen molar-refractivity contribution < 1.29 is 14.6 Å². The summed E-state index contributed by atoms with van der Waals surface area (Å²) < 4.78 is 5.43. The topological polar surface area (TPSA) is 56.2 Å². The van der Waals surface area contributed by atoms with Gasteiger partial charge < -0.3 is 19.6 Å². The van der Waals surface area contributed by atoms with Crippen LogP contribution in [0.25, 0.3) is 0 Å². The first-order valence-corrected chi connectivity index (χ1v) is 9.29. The largest absolute Gasteiger partial charge is 0.445 e. The standard InChI is InChI=1S/C19H29N3O3/c23-15-14-20-8-6-18(7-9-20)21-10-12-22(13-11-21)19(24)25-16-17-4-2-1-3-5-17/h1-5,18,23H,6-16H2. The maximum absolute atomic E-state index is 12.2. The summed E-state index contributed by atoms with van der Waals surface area (Å²) in [7, 11) is 0. The number of benzene rings is 1. The molecule has 2 heterocycles. The Labute approximate surface area is 150 Å². The van der Waals surface area contributed by atoms with Gasteiger partial charge in [0, 0.05) is 38.8 Å². The van der Waals surface area contributed by atoms with E-state index in [4.69, 9.17) is 9.84 Å². The molecule has 3 rings (SSSR count). The monoisotopic (exact) mass is 347 g/mol. The predicted octanol–water partition coefficient (Wildman–Crippen LogP) is 1.40. The van der Waals surface area contributed by atoms with Crippen LogP contribution < -0.4 is 0 Å². The first kappa shape index (κ1) is 18.2. The first-order valence-electron chi connectivity index (χ1n) is 9.29. The molecule has 2 fully saturated rings. The molecule has 1 N–H and O–H groups in total. The summed E-state index contributed by atoms with van der Waals surface area (Å²) in [6, 6.07) is 10.4. The Balaban J connectivity index is 1.37. The van der Waals surface area contributed by atoms with Crippen molar-refractivity contribution in [2.45, 2.75) is 25.5 Å². The molecule has 0 aromatic heterocycles. The van der Waals surface area contributed by atoms with Gasteiger partial charge in [0.2, 0.25) is 0 Å². The number of hydrogen-bond donors (Lipinski definition) is 1. The zero-order valence-electron chi connectivity index (χ0n) is 14.8. The van der Waals surface area contributed by atoms with Gasteiger partial charge in [-0.3, -0.25) is 4.90 Å². The third-order valence-electron chi connectivity index (χ3n) is 5.27. The molecule has 1 amide bonds. The minimum atomic E-state index is -0.207. The summed E-state index contributed by atoms with van der Waals surface area (Å²) in [5.74, 6) is 0. The number of carbonyl (C=O) groups excluding carboxylic acids is 1. The fraction of sp³-hybridized carbons (Fsp3) is 0.632. The van der Waals surface area contributed by atoms with Gasteiger partial charge in [-0.1, -0.05) is 30.3 Å². The van der Waals surface area contributed by atoms with Gasteiger partial charge in [-0.25, -0.2) is 4.79 Å². The van der Waals surface area contributed by atoms with E-state index >= 15 is 0 Å². The lowest BCUT2D eigenvalue weighted by Gasteiger charge is -2.42. The molecule has 138 valence electrons. The average Bonchev–Trinajstić information content (AvgIpc) is 2.68. The number of rotatable bonds is 5. The van der Waals surface area contributed by atoms with Crippen molar-refractivity contribution in [2.24, 2.45) is 0 Å². The number of amides is 1. The number of β-amino-alcohol motifs (C(OH)–C–C–N with tert-alkyl or cyclic N) is 1. The van der Waals surface area contributed by atoms with E-state index < -0.39 is 0 Å². The SMILES string of the molecule is O=C(OCc1ccccc1)N1CCN(C2CCN(CCO)CC2)CC1. The number of carbonyl (C=O) groups is 1. The molecular weight excluding hydrogens is 318 g/mol. The maximum Gasteiger partial charge on any atom is 0.410 e. The molecule has 2 aliphatic rings. The van der Waals surface area contributed by atoms with Crippen molar-refractivity contribution in [1.82, 2.24) is 14.7 Å². The van der Waals surface area contributed by atoms with E-state index in [0.29, 0.717) is 12.6 Å². The second kappa shape index (κ2) is 9.17. The second-order valence-corrected chi connectivity index (χ2v) is 6.86. The van der Waals surface area contributed by atoms with Gasteiger partial charge in [-0.05, 0) is 31.5 Å². The number of piperidine rings is 1. The zero-order chi connectivity index (χ0) is 17.5. The Bertz CT molecular complexity index is 524. The number of piperazine rings is 1. The molecule has 25 heavy (non-hydrogen) atoms. The number of aliphatic hydroxyl groups excluding tert-OH is 1. The third kappa shape index (κ3) is 5.17. The van der Waals surface area contributed by atoms with Crippen molar-refractivity contribution in [1.29, 1.82) is 0 Å². The van der Waals surface area contributed by atoms with Crippen LogP contribution in [0.3, 0.4) is 0 Å². The molecular formula is C19H29N3O3. The lowest BCUT2D eigenvalue weighted by atomic mass is 10.0. The molecule has 2 aliphatic heterocycles. The Kier molecular flexibility index (Phi) is 6.67. The van der Waals surface area contributed by atoms with Crippen LogP contribution in [-0.4, -0.2) is 84.4 Å². The molecule has 1 aromatic carbocycles. The molecule has 6 heteroatoms. The van der Waals surface area contributed by atoms with Crippen LogP contribution in [0, 0.1) is 0 Å². The fourth-order valence-electron chi connectivity index (χ4n) is 3.73. The van der Waals surface area contributed by atoms with Crippen LogP contribution in [0.5, 0.6) is 0 Å². The molecule has 0 bridgehead atoms. The zero-order valence-corrected chi connectivity index (χ0v) is 14.8. The van der Waals surface area contributed by atoms with Crippen LogP contribution in [0.2, 0.25) is 0 Å². The number of hydrogen-bond acceptors (Lipinski definition) is 5. The molecule has 0 saturated carbocycles. The van der Waals surface area contributed by atoms with Crippen LogP contribution in [0.1, 0.15) is 18.4 Å². The summed E-state index contributed by atoms with van der Waals surface area (Å²) in [6.07, 6.45) is 2.10. The summed E-state index contributed by atoms with van der Waals surface area (Å²) in [5, 5.41) is 9.03. The van der Waals surface area contributed by atoms with Crippen molar-refractivity contribution >= 4 is 6.09 Å². The normalized spacial score (nSPS) is 20.6. The van der Waals surface area contributed by atoms with Crippen LogP contribution in [0.4, 0.5) is 4.79 Å². The Morgan fingerprint density at radius 3 is 2.36 bits per heavy atom. The second-order valence-electron chi connectivity index (χ2n) is 6.86. The molecule has 2 saturated heterocycles. The third-order valence-corrected chi connectivity index (χ3v) is 5.27. The number of aliphatic hydroxyl groups is 1. The van der Waals surface area contributed by atoms with Gasteiger partial charge in [-0.2, -0.15) is 0 Å². The summed E-state index contributed by atoms with van der Waals surface area (Å²) in [5.41, 5.74) is 1.02. The number of ether oxygens (including phenoxy) is 1. The number of likely N-dealkylation sites (tertiary alicyclic amines) is 1. The van der Waals surface area contributed by atoms with E-state index in [1.165, 1.54) is 0 Å². The van der Waals surface area contributed by atoms with Crippen molar-refractivity contribution in [3.05, 3.63) is 35.9 Å². The van der Waals surface area contributed by atoms with Crippen LogP contribution >= 0.6 is 0 Å². The van der Waals surface area contributed by atoms with E-state index in [-0.39, 0.29) is 12.7 Å². The van der Waals surface area contributed by atoms with Crippen LogP contribution in [0.15, 0.2) is 30.3 Å². The molecule has 0 aliphatic carbocycles. The van der Waals surface area contributed by atoms with Gasteiger partial charge in [-0.15, -0.1) is 0 Å². The highest BCUT2D eigenvalue weighted by Gasteiger charge is 2.29. The average molecular weight is 347 g/mol. The fourth-order valence-corrected chi connectivity index (χ4v) is 3.73. The molecule has 0 spiro atoms. The minimum absolute atomic E-state index is 0.207. The lowest BCUT2D eigenvalue weighted by Crippen LogP contribution is -2.54. The van der Waals surface area contributed by atoms with E-state index in [1.54, 1.807) is 0 Å². The Morgan fingerprint density at radius 2 is 1.72 bits per heavy atom. The molecule has 0 atom stereocenters. The van der Waals surface area contributed by atoms with E-state index in [1.807, 2.05) is 35.2 Å². The number of nitrogens with zero attached hydrogens (tertiary/aromatic N) is 3. The van der Waals surface area contributed by atoms with Gasteiger partial charge in [0.15, 0.2) is 0 Å². The van der Waals surface area contributed by atoms with Gasteiger partial charge in [0.25, 0.3) is 0 Å². The maximum atomic E-state index is 12.2. The minimum Gasteiger partial charge on any atom is -0.445 e. The molecule has 1 aromatic rings. The quantitative estimate of drug-likeness (QED) is 0.873. The van der Waals surface area contributed by atoms with Crippen molar-refractivity contribution in [3.63, 3.8) is 0 Å². The molecule has 0 radical (unpaired) electrons. The summed E-state index contributed by atoms with van der Waals surface area (Å²) in [6.45, 7) is 6.81. The van der Waals surface area contributed by atoms with E-state index in [9.17, 15) is 4.79 Å². The lowest BCUT2D eigenvalue weighted by molar-refractivity contribution is 0.0415. The summed E-state index contributed by atoms with van der Waals surface area (Å²) in [4.78, 5) is 18.9. The van der Waals surface area contributed by atoms with E-state index in [0.717, 1.165) is 64.2 Å². The summed E-state index contributed by atoms with van der Waals surface area (Å²) >= 11 is 0. The smallest absolute Gasteiger partial charge is 0.410 e. The first-order chi connectivity index (χ1) is 12.3. The highest BCUT2D eigenvalue weighted by atomic mass is 16.6. The predicted molar refractivity (Wildman–Crippen MR) is 96.3 cm³/mol. The van der Waals surface area contributed by atoms with Crippen molar-refractivity contribution in [2.75, 3.05) is 52.4 Å². The van der Waals surface area contributed by atoms with Gasteiger partial charge in [0.1, 0.15) is 6.61 Å². The highest BCUT2D eigenvalue weighted by molar-refractivity contribution is 5.67. The van der Waals surface area contributed by atoms with Gasteiger partial charge >= 0.3 is 6.09 Å². The molecule has 6 nitrogen and oxygen atoms in total. The van der Waals surface area contributed by atoms with Gasteiger partial charge in [0.05, 0.1) is 6.61 Å². The van der Waals surface area contributed by atoms with Crippen molar-refractivity contribution in [3.8, 4) is 0 Å². The highest BCUT2D eigenvalue weighted by Crippen LogP contribution is 2.18. The Hall–Kier alpha value is -1.63.